The van der Waals surface area contributed by atoms with E-state index in [-0.39, 0.29) is 28.6 Å². The molecule has 3 rings (SSSR count). The lowest BCUT2D eigenvalue weighted by molar-refractivity contribution is -0.126. The van der Waals surface area contributed by atoms with Gasteiger partial charge in [-0.05, 0) is 51.4 Å². The fourth-order valence-corrected chi connectivity index (χ4v) is 4.44. The van der Waals surface area contributed by atoms with Crippen molar-refractivity contribution >= 4 is 11.8 Å². The molecule has 184 valence electrons. The van der Waals surface area contributed by atoms with Crippen LogP contribution in [0.25, 0.3) is 5.69 Å². The van der Waals surface area contributed by atoms with E-state index in [4.69, 9.17) is 0 Å². The van der Waals surface area contributed by atoms with Gasteiger partial charge < -0.3 is 15.1 Å². The summed E-state index contributed by atoms with van der Waals surface area (Å²) >= 11 is 0. The maximum Gasteiger partial charge on any atom is 0.278 e. The monoisotopic (exact) mass is 471 g/mol. The van der Waals surface area contributed by atoms with Crippen molar-refractivity contribution < 1.29 is 14.0 Å². The topological polar surface area (TPSA) is 87.5 Å². The largest absolute Gasteiger partial charge is 0.355 e. The van der Waals surface area contributed by atoms with Crippen LogP contribution in [0.2, 0.25) is 0 Å². The highest BCUT2D eigenvalue weighted by atomic mass is 19.1. The lowest BCUT2D eigenvalue weighted by atomic mass is 9.91. The van der Waals surface area contributed by atoms with Crippen molar-refractivity contribution in [1.82, 2.24) is 24.9 Å². The summed E-state index contributed by atoms with van der Waals surface area (Å²) in [7, 11) is 4.01. The Morgan fingerprint density at radius 2 is 1.85 bits per heavy atom. The van der Waals surface area contributed by atoms with E-state index in [9.17, 15) is 18.8 Å². The minimum atomic E-state index is -0.502. The number of carbonyl (C=O) groups is 2. The van der Waals surface area contributed by atoms with E-state index in [0.29, 0.717) is 38.2 Å². The maximum absolute atomic E-state index is 14.3. The number of nitrogens with zero attached hydrogens (tertiary/aromatic N) is 4. The molecule has 0 bridgehead atoms. The molecule has 1 aliphatic heterocycles. The minimum Gasteiger partial charge on any atom is -0.355 e. The van der Waals surface area contributed by atoms with Gasteiger partial charge in [-0.3, -0.25) is 14.4 Å². The highest BCUT2D eigenvalue weighted by Crippen LogP contribution is 2.20. The third-order valence-electron chi connectivity index (χ3n) is 6.03. The number of likely N-dealkylation sites (tertiary alicyclic amines) is 1. The van der Waals surface area contributed by atoms with Crippen molar-refractivity contribution in [3.8, 4) is 5.69 Å². The Morgan fingerprint density at radius 3 is 2.47 bits per heavy atom. The van der Waals surface area contributed by atoms with Crippen LogP contribution in [0.5, 0.6) is 0 Å². The van der Waals surface area contributed by atoms with Gasteiger partial charge in [0.25, 0.3) is 5.91 Å². The van der Waals surface area contributed by atoms with E-state index in [1.165, 1.54) is 22.9 Å². The summed E-state index contributed by atoms with van der Waals surface area (Å²) in [5, 5.41) is 7.25. The first-order valence-corrected chi connectivity index (χ1v) is 11.6. The molecule has 0 radical (unpaired) electrons. The summed E-state index contributed by atoms with van der Waals surface area (Å²) in [5.74, 6) is -1.18. The number of para-hydroxylation sites is 1. The molecule has 1 aromatic heterocycles. The van der Waals surface area contributed by atoms with Gasteiger partial charge in [-0.1, -0.05) is 26.0 Å². The molecule has 0 saturated carbocycles. The van der Waals surface area contributed by atoms with Crippen LogP contribution in [0.1, 0.15) is 42.9 Å². The molecule has 1 aromatic carbocycles. The van der Waals surface area contributed by atoms with Crippen LogP contribution in [-0.2, 0) is 4.79 Å². The Morgan fingerprint density at radius 1 is 1.21 bits per heavy atom. The average Bonchev–Trinajstić information content (AvgIpc) is 2.77. The molecule has 1 saturated heterocycles. The van der Waals surface area contributed by atoms with Crippen molar-refractivity contribution in [1.29, 1.82) is 0 Å². The van der Waals surface area contributed by atoms with Gasteiger partial charge >= 0.3 is 0 Å². The van der Waals surface area contributed by atoms with E-state index in [0.717, 1.165) is 6.54 Å². The lowest BCUT2D eigenvalue weighted by Crippen LogP contribution is -2.46. The van der Waals surface area contributed by atoms with Gasteiger partial charge in [0, 0.05) is 43.9 Å². The molecular weight excluding hydrogens is 437 g/mol. The number of piperidine rings is 1. The Labute approximate surface area is 199 Å². The minimum absolute atomic E-state index is 0.00528. The normalized spacial score (nSPS) is 15.0. The van der Waals surface area contributed by atoms with Crippen LogP contribution in [-0.4, -0.2) is 71.7 Å². The first kappa shape index (κ1) is 25.6. The standard InChI is InChI=1S/C25H34FN5O3/c1-17-14-21(32)22(28-31(17)20-9-7-6-8-19(20)26)24(34)30-12-10-18(11-13-30)23(33)27-15-25(2,3)16-29(4)5/h6-9,14,18H,10-13,15-16H2,1-5H3,(H,27,33). The number of nitrogens with one attached hydrogen (secondary N) is 1. The third-order valence-corrected chi connectivity index (χ3v) is 6.03. The zero-order valence-electron chi connectivity index (χ0n) is 20.6. The van der Waals surface area contributed by atoms with Gasteiger partial charge in [-0.2, -0.15) is 5.10 Å². The predicted molar refractivity (Wildman–Crippen MR) is 129 cm³/mol. The quantitative estimate of drug-likeness (QED) is 0.669. The molecule has 2 aromatic rings. The maximum atomic E-state index is 14.3. The third kappa shape index (κ3) is 6.08. The molecule has 1 N–H and O–H groups in total. The first-order valence-electron chi connectivity index (χ1n) is 11.6. The number of rotatable bonds is 7. The Bertz CT molecular complexity index is 1100. The number of halogens is 1. The molecular formula is C25H34FN5O3. The van der Waals surface area contributed by atoms with Gasteiger partial charge in [-0.15, -0.1) is 0 Å². The summed E-state index contributed by atoms with van der Waals surface area (Å²) in [4.78, 5) is 41.9. The van der Waals surface area contributed by atoms with Gasteiger partial charge in [0.1, 0.15) is 11.5 Å². The predicted octanol–water partition coefficient (Wildman–Crippen LogP) is 2.24. The molecule has 34 heavy (non-hydrogen) atoms. The molecule has 8 nitrogen and oxygen atoms in total. The molecule has 0 atom stereocenters. The summed E-state index contributed by atoms with van der Waals surface area (Å²) in [6, 6.07) is 7.36. The van der Waals surface area contributed by atoms with E-state index in [1.807, 2.05) is 14.1 Å². The van der Waals surface area contributed by atoms with Gasteiger partial charge in [-0.25, -0.2) is 9.07 Å². The summed E-state index contributed by atoms with van der Waals surface area (Å²) < 4.78 is 15.6. The van der Waals surface area contributed by atoms with E-state index < -0.39 is 17.2 Å². The average molecular weight is 472 g/mol. The molecule has 0 spiro atoms. The molecule has 1 fully saturated rings. The Hall–Kier alpha value is -3.07. The van der Waals surface area contributed by atoms with Crippen LogP contribution in [0.15, 0.2) is 35.1 Å². The van der Waals surface area contributed by atoms with Gasteiger partial charge in [0.15, 0.2) is 5.69 Å². The smallest absolute Gasteiger partial charge is 0.278 e. The molecule has 1 aliphatic rings. The van der Waals surface area contributed by atoms with Crippen LogP contribution in [0, 0.1) is 24.1 Å². The number of carbonyl (C=O) groups excluding carboxylic acids is 2. The van der Waals surface area contributed by atoms with E-state index in [2.05, 4.69) is 29.2 Å². The van der Waals surface area contributed by atoms with Gasteiger partial charge in [0.05, 0.1) is 0 Å². The van der Waals surface area contributed by atoms with E-state index >= 15 is 0 Å². The SMILES string of the molecule is Cc1cc(=O)c(C(=O)N2CCC(C(=O)NCC(C)(C)CN(C)C)CC2)nn1-c1ccccc1F. The fraction of sp³-hybridized carbons (Fsp3) is 0.520. The number of benzene rings is 1. The van der Waals surface area contributed by atoms with E-state index in [1.54, 1.807) is 24.0 Å². The summed E-state index contributed by atoms with van der Waals surface area (Å²) in [6.07, 6.45) is 1.03. The number of aromatic nitrogens is 2. The molecule has 0 unspecified atom stereocenters. The van der Waals surface area contributed by atoms with Crippen molar-refractivity contribution in [3.63, 3.8) is 0 Å². The number of aryl methyl sites for hydroxylation is 1. The lowest BCUT2D eigenvalue weighted by Gasteiger charge is -2.33. The number of amides is 2. The number of hydrogen-bond acceptors (Lipinski definition) is 5. The second kappa shape index (κ2) is 10.5. The first-order chi connectivity index (χ1) is 16.0. The highest BCUT2D eigenvalue weighted by molar-refractivity contribution is 5.92. The fourth-order valence-electron chi connectivity index (χ4n) is 4.44. The van der Waals surface area contributed by atoms with Crippen LogP contribution >= 0.6 is 0 Å². The second-order valence-corrected chi connectivity index (χ2v) is 10.0. The molecule has 0 aliphatic carbocycles. The zero-order valence-corrected chi connectivity index (χ0v) is 20.6. The van der Waals surface area contributed by atoms with Crippen LogP contribution in [0.4, 0.5) is 4.39 Å². The second-order valence-electron chi connectivity index (χ2n) is 10.0. The molecule has 2 amide bonds. The Kier molecular flexibility index (Phi) is 7.86. The molecule has 2 heterocycles. The molecule has 9 heteroatoms. The van der Waals surface area contributed by atoms with Gasteiger partial charge in [0.2, 0.25) is 11.3 Å². The highest BCUT2D eigenvalue weighted by Gasteiger charge is 2.30. The van der Waals surface area contributed by atoms with Crippen molar-refractivity contribution in [2.75, 3.05) is 40.3 Å². The van der Waals surface area contributed by atoms with Crippen LogP contribution in [0.3, 0.4) is 0 Å². The Balaban J connectivity index is 1.66. The van der Waals surface area contributed by atoms with Crippen molar-refractivity contribution in [2.24, 2.45) is 11.3 Å². The summed E-state index contributed by atoms with van der Waals surface area (Å²) in [6.45, 7) is 7.99. The zero-order chi connectivity index (χ0) is 25.0. The number of hydrogen-bond donors (Lipinski definition) is 1. The van der Waals surface area contributed by atoms with Crippen molar-refractivity contribution in [2.45, 2.75) is 33.6 Å². The van der Waals surface area contributed by atoms with Crippen LogP contribution < -0.4 is 10.7 Å². The van der Waals surface area contributed by atoms with Crippen molar-refractivity contribution in [3.05, 3.63) is 57.8 Å². The summed E-state index contributed by atoms with van der Waals surface area (Å²) in [5.41, 5.74) is -0.202.